The first-order valence-corrected chi connectivity index (χ1v) is 7.35. The van der Waals surface area contributed by atoms with Gasteiger partial charge in [-0.05, 0) is 13.3 Å². The molecule has 110 valence electrons. The van der Waals surface area contributed by atoms with E-state index in [1.807, 2.05) is 6.92 Å². The summed E-state index contributed by atoms with van der Waals surface area (Å²) in [7, 11) is 0. The molecule has 0 amide bonds. The van der Waals surface area contributed by atoms with Crippen LogP contribution in [0.4, 0.5) is 0 Å². The fourth-order valence-corrected chi connectivity index (χ4v) is 2.73. The highest BCUT2D eigenvalue weighted by atomic mass is 32.1. The average molecular weight is 306 g/mol. The Bertz CT molecular complexity index is 834. The number of aliphatic hydroxyl groups is 1. The van der Waals surface area contributed by atoms with E-state index in [-0.39, 0.29) is 5.56 Å². The smallest absolute Gasteiger partial charge is 0.275 e. The average Bonchev–Trinajstić information content (AvgIpc) is 3.05. The number of aromatic nitrogens is 6. The molecule has 9 heteroatoms. The molecule has 1 unspecified atom stereocenters. The van der Waals surface area contributed by atoms with Crippen LogP contribution in [0.3, 0.4) is 0 Å². The lowest BCUT2D eigenvalue weighted by Crippen LogP contribution is -2.17. The van der Waals surface area contributed by atoms with Crippen molar-refractivity contribution in [1.29, 1.82) is 0 Å². The predicted octanol–water partition coefficient (Wildman–Crippen LogP) is 0.406. The van der Waals surface area contributed by atoms with Crippen molar-refractivity contribution in [2.75, 3.05) is 0 Å². The minimum atomic E-state index is -0.673. The van der Waals surface area contributed by atoms with Gasteiger partial charge < -0.3 is 5.11 Å². The maximum Gasteiger partial charge on any atom is 0.275 e. The van der Waals surface area contributed by atoms with Crippen molar-refractivity contribution in [3.05, 3.63) is 39.0 Å². The molecule has 1 atom stereocenters. The van der Waals surface area contributed by atoms with E-state index in [0.717, 1.165) is 11.4 Å². The van der Waals surface area contributed by atoms with Crippen LogP contribution in [0.15, 0.2) is 17.1 Å². The lowest BCUT2D eigenvalue weighted by atomic mass is 10.3. The molecule has 0 aromatic carbocycles. The number of fused-ring (bicyclic) bond motifs is 1. The summed E-state index contributed by atoms with van der Waals surface area (Å²) in [5, 5.41) is 22.3. The fourth-order valence-electron chi connectivity index (χ4n) is 1.87. The molecule has 0 fully saturated rings. The summed E-state index contributed by atoms with van der Waals surface area (Å²) in [5.41, 5.74) is 0.869. The Labute approximate surface area is 123 Å². The minimum absolute atomic E-state index is 0.207. The zero-order chi connectivity index (χ0) is 15.0. The molecular formula is C12H14N6O2S. The zero-order valence-electron chi connectivity index (χ0n) is 11.6. The molecule has 0 saturated carbocycles. The molecule has 3 heterocycles. The highest BCUT2D eigenvalue weighted by Crippen LogP contribution is 2.12. The van der Waals surface area contributed by atoms with E-state index < -0.39 is 6.10 Å². The SMILES string of the molecule is CCc1nn2c(=O)cc(Cn3cc(C(C)O)nn3)nc2s1. The van der Waals surface area contributed by atoms with Crippen LogP contribution in [0.2, 0.25) is 0 Å². The topological polar surface area (TPSA) is 98.2 Å². The van der Waals surface area contributed by atoms with Gasteiger partial charge in [0, 0.05) is 6.07 Å². The van der Waals surface area contributed by atoms with E-state index in [1.165, 1.54) is 21.9 Å². The third kappa shape index (κ3) is 2.69. The molecule has 1 N–H and O–H groups in total. The Morgan fingerprint density at radius 1 is 1.48 bits per heavy atom. The molecule has 21 heavy (non-hydrogen) atoms. The van der Waals surface area contributed by atoms with Crippen LogP contribution in [-0.4, -0.2) is 34.7 Å². The predicted molar refractivity (Wildman–Crippen MR) is 76.3 cm³/mol. The molecular weight excluding hydrogens is 292 g/mol. The van der Waals surface area contributed by atoms with Gasteiger partial charge in [0.1, 0.15) is 10.7 Å². The second-order valence-electron chi connectivity index (χ2n) is 4.65. The second kappa shape index (κ2) is 5.34. The van der Waals surface area contributed by atoms with Crippen LogP contribution in [0.5, 0.6) is 0 Å². The highest BCUT2D eigenvalue weighted by Gasteiger charge is 2.10. The Kier molecular flexibility index (Phi) is 3.52. The minimum Gasteiger partial charge on any atom is -0.387 e. The summed E-state index contributed by atoms with van der Waals surface area (Å²) in [6.07, 6.45) is 1.73. The molecule has 0 aliphatic heterocycles. The molecule has 8 nitrogen and oxygen atoms in total. The van der Waals surface area contributed by atoms with Crippen LogP contribution < -0.4 is 5.56 Å². The van der Waals surface area contributed by atoms with Crippen LogP contribution in [-0.2, 0) is 13.0 Å². The third-order valence-electron chi connectivity index (χ3n) is 2.95. The monoisotopic (exact) mass is 306 g/mol. The summed E-state index contributed by atoms with van der Waals surface area (Å²) in [6, 6.07) is 1.44. The van der Waals surface area contributed by atoms with Gasteiger partial charge in [-0.1, -0.05) is 23.5 Å². The van der Waals surface area contributed by atoms with Crippen molar-refractivity contribution in [3.63, 3.8) is 0 Å². The maximum absolute atomic E-state index is 12.0. The number of hydrogen-bond donors (Lipinski definition) is 1. The van der Waals surface area contributed by atoms with Gasteiger partial charge in [0.25, 0.3) is 5.56 Å². The Morgan fingerprint density at radius 2 is 2.29 bits per heavy atom. The third-order valence-corrected chi connectivity index (χ3v) is 4.00. The number of hydrogen-bond acceptors (Lipinski definition) is 7. The zero-order valence-corrected chi connectivity index (χ0v) is 12.4. The molecule has 0 saturated heterocycles. The fraction of sp³-hybridized carbons (Fsp3) is 0.417. The van der Waals surface area contributed by atoms with Gasteiger partial charge in [0.05, 0.1) is 24.5 Å². The lowest BCUT2D eigenvalue weighted by Gasteiger charge is -2.00. The molecule has 0 aliphatic rings. The van der Waals surface area contributed by atoms with Crippen LogP contribution in [0, 0.1) is 0 Å². The first kappa shape index (κ1) is 13.8. The van der Waals surface area contributed by atoms with Crippen molar-refractivity contribution in [1.82, 2.24) is 29.6 Å². The van der Waals surface area contributed by atoms with Crippen LogP contribution >= 0.6 is 11.3 Å². The van der Waals surface area contributed by atoms with E-state index in [0.29, 0.717) is 22.9 Å². The maximum atomic E-state index is 12.0. The first-order valence-electron chi connectivity index (χ1n) is 6.53. The molecule has 0 radical (unpaired) electrons. The summed E-state index contributed by atoms with van der Waals surface area (Å²) < 4.78 is 2.86. The van der Waals surface area contributed by atoms with Crippen molar-refractivity contribution >= 4 is 16.3 Å². The molecule has 3 rings (SSSR count). The van der Waals surface area contributed by atoms with Gasteiger partial charge in [-0.3, -0.25) is 4.79 Å². The van der Waals surface area contributed by atoms with Crippen LogP contribution in [0.25, 0.3) is 4.96 Å². The number of rotatable bonds is 4. The van der Waals surface area contributed by atoms with Gasteiger partial charge in [-0.15, -0.1) is 5.10 Å². The van der Waals surface area contributed by atoms with E-state index in [4.69, 9.17) is 0 Å². The molecule has 0 bridgehead atoms. The Morgan fingerprint density at radius 3 is 2.95 bits per heavy atom. The van der Waals surface area contributed by atoms with Crippen LogP contribution in [0.1, 0.15) is 36.3 Å². The van der Waals surface area contributed by atoms with Gasteiger partial charge in [-0.2, -0.15) is 9.61 Å². The molecule has 0 aliphatic carbocycles. The molecule has 3 aromatic rings. The molecule has 0 spiro atoms. The van der Waals surface area contributed by atoms with E-state index >= 15 is 0 Å². The Balaban J connectivity index is 1.94. The number of aryl methyl sites for hydroxylation is 1. The Hall–Kier alpha value is -2.13. The van der Waals surface area contributed by atoms with Gasteiger partial charge in [0.15, 0.2) is 0 Å². The largest absolute Gasteiger partial charge is 0.387 e. The van der Waals surface area contributed by atoms with E-state index in [2.05, 4.69) is 20.4 Å². The van der Waals surface area contributed by atoms with Gasteiger partial charge in [-0.25, -0.2) is 9.67 Å². The van der Waals surface area contributed by atoms with Gasteiger partial charge >= 0.3 is 0 Å². The quantitative estimate of drug-likeness (QED) is 0.749. The van der Waals surface area contributed by atoms with Crippen molar-refractivity contribution in [3.8, 4) is 0 Å². The summed E-state index contributed by atoms with van der Waals surface area (Å²) in [4.78, 5) is 17.0. The first-order chi connectivity index (χ1) is 10.1. The summed E-state index contributed by atoms with van der Waals surface area (Å²) in [6.45, 7) is 3.93. The van der Waals surface area contributed by atoms with Gasteiger partial charge in [0.2, 0.25) is 4.96 Å². The lowest BCUT2D eigenvalue weighted by molar-refractivity contribution is 0.194. The summed E-state index contributed by atoms with van der Waals surface area (Å²) >= 11 is 1.40. The van der Waals surface area contributed by atoms with E-state index in [9.17, 15) is 9.90 Å². The van der Waals surface area contributed by atoms with Crippen molar-refractivity contribution in [2.24, 2.45) is 0 Å². The van der Waals surface area contributed by atoms with Crippen molar-refractivity contribution in [2.45, 2.75) is 32.9 Å². The number of aliphatic hydroxyl groups excluding tert-OH is 1. The standard InChI is InChI=1S/C12H14N6O2S/c1-3-10-15-18-11(20)4-8(13-12(18)21-10)5-17-6-9(7(2)19)14-16-17/h4,6-7,19H,3,5H2,1-2H3. The summed E-state index contributed by atoms with van der Waals surface area (Å²) in [5.74, 6) is 0. The van der Waals surface area contributed by atoms with E-state index in [1.54, 1.807) is 17.8 Å². The molecule has 3 aromatic heterocycles. The highest BCUT2D eigenvalue weighted by molar-refractivity contribution is 7.16. The second-order valence-corrected chi connectivity index (χ2v) is 5.69. The number of nitrogens with zero attached hydrogens (tertiary/aromatic N) is 6. The van der Waals surface area contributed by atoms with Crippen molar-refractivity contribution < 1.29 is 5.11 Å². The normalized spacial score (nSPS) is 12.9.